The number of Topliss-reactive ketones (excluding diaryl/α,β-unsaturated/α-hetero) is 1. The van der Waals surface area contributed by atoms with E-state index in [2.05, 4.69) is 4.99 Å². The second-order valence-electron chi connectivity index (χ2n) is 5.94. The summed E-state index contributed by atoms with van der Waals surface area (Å²) >= 11 is 12.0. The van der Waals surface area contributed by atoms with Crippen LogP contribution < -0.4 is 0 Å². The first kappa shape index (κ1) is 17.2. The molecule has 0 unspecified atom stereocenters. The Labute approximate surface area is 147 Å². The van der Waals surface area contributed by atoms with Crippen molar-refractivity contribution < 1.29 is 22.9 Å². The zero-order valence-corrected chi connectivity index (χ0v) is 14.8. The first-order chi connectivity index (χ1) is 10.9. The van der Waals surface area contributed by atoms with Gasteiger partial charge in [-0.25, -0.2) is 4.99 Å². The lowest BCUT2D eigenvalue weighted by atomic mass is 9.71. The van der Waals surface area contributed by atoms with E-state index in [0.717, 1.165) is 6.07 Å². The summed E-state index contributed by atoms with van der Waals surface area (Å²) in [5.74, 6) is -1.14. The van der Waals surface area contributed by atoms with Crippen LogP contribution in [0.1, 0.15) is 19.4 Å². The van der Waals surface area contributed by atoms with Crippen molar-refractivity contribution in [2.24, 2.45) is 4.99 Å². The molecule has 0 saturated heterocycles. The normalized spacial score (nSPS) is 19.5. The number of ketones is 1. The van der Waals surface area contributed by atoms with Crippen LogP contribution in [0.15, 0.2) is 43.7 Å². The number of phenols is 1. The summed E-state index contributed by atoms with van der Waals surface area (Å²) in [5, 5.41) is 9.78. The Morgan fingerprint density at radius 3 is 2.42 bits per heavy atom. The van der Waals surface area contributed by atoms with Gasteiger partial charge in [0.2, 0.25) is 5.78 Å². The highest BCUT2D eigenvalue weighted by Gasteiger charge is 2.41. The fraction of sp³-hybridized carbons (Fsp3) is 0.200. The van der Waals surface area contributed by atoms with Crippen molar-refractivity contribution in [3.05, 3.63) is 39.4 Å². The molecule has 2 aliphatic rings. The number of allylic oxidation sites excluding steroid dienone is 4. The molecule has 1 aromatic rings. The monoisotopic (exact) mass is 387 g/mol. The summed E-state index contributed by atoms with van der Waals surface area (Å²) in [6, 6.07) is 2.26. The number of halogens is 2. The lowest BCUT2D eigenvalue weighted by molar-refractivity contribution is -0.111. The number of hydrogen-bond donors (Lipinski definition) is 2. The zero-order valence-electron chi connectivity index (χ0n) is 12.5. The first-order valence-electron chi connectivity index (χ1n) is 6.70. The minimum atomic E-state index is -4.62. The molecule has 1 aromatic carbocycles. The van der Waals surface area contributed by atoms with Gasteiger partial charge in [-0.2, -0.15) is 8.42 Å². The van der Waals surface area contributed by atoms with Gasteiger partial charge in [-0.15, -0.1) is 0 Å². The van der Waals surface area contributed by atoms with E-state index < -0.39 is 32.0 Å². The standard InChI is InChI=1S/C15H11Cl2NO5S/c1-15(2)6-3-10(19)11(24(21,22)23)5-8(6)18-9-4-7(16)14(20)13(17)12(9)15/h3-5,19H,1-2H3,(H,21,22,23). The minimum absolute atomic E-state index is 0.0738. The van der Waals surface area contributed by atoms with E-state index in [4.69, 9.17) is 23.2 Å². The van der Waals surface area contributed by atoms with E-state index in [9.17, 15) is 22.9 Å². The Balaban J connectivity index is 2.38. The maximum Gasteiger partial charge on any atom is 0.298 e. The number of aliphatic imine (C=N–C) groups is 1. The van der Waals surface area contributed by atoms with E-state index in [0.29, 0.717) is 16.8 Å². The predicted octanol–water partition coefficient (Wildman–Crippen LogP) is 3.20. The van der Waals surface area contributed by atoms with E-state index in [1.807, 2.05) is 0 Å². The molecular weight excluding hydrogens is 377 g/mol. The molecule has 1 aliphatic heterocycles. The number of fused-ring (bicyclic) bond motifs is 2. The number of benzene rings is 1. The molecule has 6 nitrogen and oxygen atoms in total. The van der Waals surface area contributed by atoms with Gasteiger partial charge in [-0.05, 0) is 23.8 Å². The smallest absolute Gasteiger partial charge is 0.298 e. The highest BCUT2D eigenvalue weighted by atomic mass is 35.5. The highest BCUT2D eigenvalue weighted by Crippen LogP contribution is 2.48. The minimum Gasteiger partial charge on any atom is -0.506 e. The SMILES string of the molecule is CC1(C)C2=C(Cl)C(=O)C(Cl)=CC2=Nc2cc(S(=O)(=O)O)c(O)cc21. The van der Waals surface area contributed by atoms with Gasteiger partial charge in [0.1, 0.15) is 10.6 Å². The number of nitrogens with zero attached hydrogens (tertiary/aromatic N) is 1. The Morgan fingerprint density at radius 2 is 1.83 bits per heavy atom. The van der Waals surface area contributed by atoms with E-state index >= 15 is 0 Å². The summed E-state index contributed by atoms with van der Waals surface area (Å²) in [7, 11) is -4.62. The number of aromatic hydroxyl groups is 1. The Hall–Kier alpha value is -1.67. The summed E-state index contributed by atoms with van der Waals surface area (Å²) < 4.78 is 31.9. The van der Waals surface area contributed by atoms with Crippen LogP contribution >= 0.6 is 23.2 Å². The third-order valence-corrected chi connectivity index (χ3v) is 5.57. The lowest BCUT2D eigenvalue weighted by Crippen LogP contribution is -2.32. The molecule has 0 amide bonds. The molecule has 0 fully saturated rings. The van der Waals surface area contributed by atoms with Crippen LogP contribution in [0.2, 0.25) is 0 Å². The molecule has 1 aliphatic carbocycles. The quantitative estimate of drug-likeness (QED) is 0.568. The van der Waals surface area contributed by atoms with Crippen molar-refractivity contribution in [3.63, 3.8) is 0 Å². The average Bonchev–Trinajstić information content (AvgIpc) is 2.43. The van der Waals surface area contributed by atoms with Crippen molar-refractivity contribution in [2.75, 3.05) is 0 Å². The van der Waals surface area contributed by atoms with Crippen LogP contribution in [-0.4, -0.2) is 29.6 Å². The van der Waals surface area contributed by atoms with Gasteiger partial charge >= 0.3 is 0 Å². The van der Waals surface area contributed by atoms with E-state index in [1.165, 1.54) is 12.1 Å². The van der Waals surface area contributed by atoms with Crippen LogP contribution in [0.3, 0.4) is 0 Å². The molecule has 126 valence electrons. The Kier molecular flexibility index (Phi) is 3.69. The van der Waals surface area contributed by atoms with E-state index in [1.54, 1.807) is 13.8 Å². The molecule has 0 aromatic heterocycles. The lowest BCUT2D eigenvalue weighted by Gasteiger charge is -2.36. The van der Waals surface area contributed by atoms with Gasteiger partial charge in [0.05, 0.1) is 21.5 Å². The van der Waals surface area contributed by atoms with Gasteiger partial charge in [-0.3, -0.25) is 9.35 Å². The van der Waals surface area contributed by atoms with Gasteiger partial charge in [0.25, 0.3) is 10.1 Å². The van der Waals surface area contributed by atoms with E-state index in [-0.39, 0.29) is 15.8 Å². The summed E-state index contributed by atoms with van der Waals surface area (Å²) in [6.45, 7) is 3.51. The third kappa shape index (κ3) is 2.39. The van der Waals surface area contributed by atoms with Crippen LogP contribution in [0, 0.1) is 0 Å². The molecular formula is C15H11Cl2NO5S. The van der Waals surface area contributed by atoms with Crippen molar-refractivity contribution in [1.82, 2.24) is 0 Å². The van der Waals surface area contributed by atoms with Crippen molar-refractivity contribution in [2.45, 2.75) is 24.2 Å². The van der Waals surface area contributed by atoms with Crippen LogP contribution in [0.25, 0.3) is 0 Å². The zero-order chi connectivity index (χ0) is 18.0. The van der Waals surface area contributed by atoms with Crippen molar-refractivity contribution in [1.29, 1.82) is 0 Å². The van der Waals surface area contributed by atoms with Crippen molar-refractivity contribution in [3.8, 4) is 5.75 Å². The largest absolute Gasteiger partial charge is 0.506 e. The number of hydrogen-bond acceptors (Lipinski definition) is 5. The van der Waals surface area contributed by atoms with Crippen molar-refractivity contribution >= 4 is 50.5 Å². The fourth-order valence-corrected chi connectivity index (χ4v) is 4.16. The molecule has 0 spiro atoms. The highest BCUT2D eigenvalue weighted by molar-refractivity contribution is 7.86. The number of carbonyl (C=O) groups excluding carboxylic acids is 1. The maximum atomic E-state index is 12.0. The number of carbonyl (C=O) groups is 1. The Morgan fingerprint density at radius 1 is 1.21 bits per heavy atom. The summed E-state index contributed by atoms with van der Waals surface area (Å²) in [4.78, 5) is 15.7. The molecule has 1 heterocycles. The molecule has 3 rings (SSSR count). The summed E-state index contributed by atoms with van der Waals surface area (Å²) in [6.07, 6.45) is 1.36. The van der Waals surface area contributed by atoms with Crippen LogP contribution in [-0.2, 0) is 20.3 Å². The molecule has 2 N–H and O–H groups in total. The molecule has 9 heteroatoms. The molecule has 0 bridgehead atoms. The molecule has 0 radical (unpaired) electrons. The first-order valence-corrected chi connectivity index (χ1v) is 8.90. The van der Waals surface area contributed by atoms with Crippen LogP contribution in [0.4, 0.5) is 5.69 Å². The second-order valence-corrected chi connectivity index (χ2v) is 8.12. The molecule has 0 saturated carbocycles. The molecule has 0 atom stereocenters. The number of phenolic OH excluding ortho intramolecular Hbond substituents is 1. The predicted molar refractivity (Wildman–Crippen MR) is 89.9 cm³/mol. The van der Waals surface area contributed by atoms with Gasteiger partial charge < -0.3 is 5.11 Å². The Bertz CT molecular complexity index is 1000. The second kappa shape index (κ2) is 5.16. The third-order valence-electron chi connectivity index (χ3n) is 4.05. The van der Waals surface area contributed by atoms with Crippen LogP contribution in [0.5, 0.6) is 5.75 Å². The van der Waals surface area contributed by atoms with Gasteiger partial charge in [-0.1, -0.05) is 37.0 Å². The summed E-state index contributed by atoms with van der Waals surface area (Å²) in [5.41, 5.74) is 0.606. The maximum absolute atomic E-state index is 12.0. The fourth-order valence-electron chi connectivity index (χ4n) is 2.89. The molecule has 24 heavy (non-hydrogen) atoms. The van der Waals surface area contributed by atoms with Gasteiger partial charge in [0, 0.05) is 11.0 Å². The van der Waals surface area contributed by atoms with Gasteiger partial charge in [0.15, 0.2) is 0 Å². The topological polar surface area (TPSA) is 104 Å². The number of rotatable bonds is 1. The average molecular weight is 388 g/mol.